The Hall–Kier alpha value is 0.726. The van der Waals surface area contributed by atoms with Crippen molar-refractivity contribution in [1.29, 1.82) is 5.26 Å². The van der Waals surface area contributed by atoms with Gasteiger partial charge in [0.1, 0.15) is 0 Å². The van der Waals surface area contributed by atoms with Gasteiger partial charge in [0.05, 0.1) is 0 Å². The standard InChI is InChI=1S/CN.K.O2/c1-2;;1-2/q-1;+1;. The second kappa shape index (κ2) is 124. The molecule has 0 spiro atoms. The molecule has 0 N–H and O–H groups in total. The van der Waals surface area contributed by atoms with Crippen molar-refractivity contribution in [2.45, 2.75) is 0 Å². The first-order chi connectivity index (χ1) is 2.00. The molecule has 0 unspecified atom stereocenters. The molecule has 0 rings (SSSR count). The van der Waals surface area contributed by atoms with E-state index in [0.29, 0.717) is 0 Å². The molecule has 0 radical (unpaired) electrons. The molecule has 0 aromatic carbocycles. The van der Waals surface area contributed by atoms with Crippen molar-refractivity contribution in [1.82, 2.24) is 0 Å². The molecule has 4 heteroatoms. The normalized spacial score (nSPS) is 1.20. The Morgan fingerprint density at radius 1 is 1.20 bits per heavy atom. The summed E-state index contributed by atoms with van der Waals surface area (Å²) in [4.78, 5) is 14.0. The average Bonchev–Trinajstić information content (AvgIpc) is 1.50. The van der Waals surface area contributed by atoms with E-state index in [-0.39, 0.29) is 51.4 Å². The Morgan fingerprint density at radius 3 is 1.20 bits per heavy atom. The van der Waals surface area contributed by atoms with E-state index in [9.17, 15) is 0 Å². The zero-order chi connectivity index (χ0) is 4.00. The van der Waals surface area contributed by atoms with Crippen molar-refractivity contribution in [3.05, 3.63) is 16.5 Å². The zero-order valence-electron chi connectivity index (χ0n) is 2.76. The Balaban J connectivity index is -0.0000000133. The minimum Gasteiger partial charge on any atom is -0.512 e. The summed E-state index contributed by atoms with van der Waals surface area (Å²) >= 11 is 0. The summed E-state index contributed by atoms with van der Waals surface area (Å²) in [5, 5.41) is 6.25. The third-order valence-electron chi connectivity index (χ3n) is 0. The molecule has 0 aliphatic heterocycles. The summed E-state index contributed by atoms with van der Waals surface area (Å²) in [6.45, 7) is 4.75. The van der Waals surface area contributed by atoms with Gasteiger partial charge in [-0.15, -0.1) is 0 Å². The van der Waals surface area contributed by atoms with Crippen LogP contribution in [0.15, 0.2) is 0 Å². The van der Waals surface area contributed by atoms with E-state index in [4.69, 9.17) is 21.8 Å². The van der Waals surface area contributed by atoms with Gasteiger partial charge in [0.15, 0.2) is 0 Å². The van der Waals surface area contributed by atoms with Crippen LogP contribution in [0.3, 0.4) is 0 Å². The summed E-state index contributed by atoms with van der Waals surface area (Å²) in [6.07, 6.45) is 0. The maximum Gasteiger partial charge on any atom is 1.00 e. The van der Waals surface area contributed by atoms with Crippen molar-refractivity contribution in [3.8, 4) is 0 Å². The van der Waals surface area contributed by atoms with Gasteiger partial charge < -0.3 is 11.8 Å². The van der Waals surface area contributed by atoms with E-state index in [1.54, 1.807) is 0 Å². The van der Waals surface area contributed by atoms with E-state index < -0.39 is 0 Å². The summed E-state index contributed by atoms with van der Waals surface area (Å²) in [6, 6.07) is 0. The molecule has 0 aromatic rings. The van der Waals surface area contributed by atoms with E-state index in [0.717, 1.165) is 0 Å². The molecule has 0 amide bonds. The molecule has 0 fully saturated rings. The zero-order valence-corrected chi connectivity index (χ0v) is 5.89. The van der Waals surface area contributed by atoms with Crippen LogP contribution in [0, 0.1) is 21.8 Å². The first-order valence-electron chi connectivity index (χ1n) is 0.390. The van der Waals surface area contributed by atoms with Gasteiger partial charge in [0.25, 0.3) is 0 Å². The molecular formula is CKNO2. The fourth-order valence-electron chi connectivity index (χ4n) is 0. The van der Waals surface area contributed by atoms with Crippen LogP contribution in [0.1, 0.15) is 0 Å². The van der Waals surface area contributed by atoms with Gasteiger partial charge in [0, 0.05) is 9.93 Å². The van der Waals surface area contributed by atoms with Crippen LogP contribution < -0.4 is 51.4 Å². The number of rotatable bonds is 0. The first-order valence-corrected chi connectivity index (χ1v) is 0.390. The monoisotopic (exact) mass is 97.0 g/mol. The molecule has 0 atom stereocenters. The smallest absolute Gasteiger partial charge is 0.512 e. The molecule has 0 aliphatic carbocycles. The number of nitrogens with zero attached hydrogens (tertiary/aromatic N) is 1. The summed E-state index contributed by atoms with van der Waals surface area (Å²) in [5.41, 5.74) is 0. The molecular weight excluding hydrogens is 97.1 g/mol. The molecule has 0 saturated carbocycles. The van der Waals surface area contributed by atoms with Gasteiger partial charge in [-0.2, -0.15) is 0 Å². The van der Waals surface area contributed by atoms with Crippen molar-refractivity contribution >= 4 is 0 Å². The second-order valence-corrected chi connectivity index (χ2v) is 0. The van der Waals surface area contributed by atoms with Crippen molar-refractivity contribution < 1.29 is 51.4 Å². The molecule has 3 nitrogen and oxygen atoms in total. The second-order valence-electron chi connectivity index (χ2n) is 0. The molecule has 0 heterocycles. The van der Waals surface area contributed by atoms with Gasteiger partial charge in [-0.3, -0.25) is 0 Å². The molecule has 0 aromatic heterocycles. The van der Waals surface area contributed by atoms with Gasteiger partial charge in [-0.25, -0.2) is 0 Å². The van der Waals surface area contributed by atoms with Crippen molar-refractivity contribution in [2.24, 2.45) is 0 Å². The van der Waals surface area contributed by atoms with Crippen LogP contribution >= 0.6 is 0 Å². The fraction of sp³-hybridized carbons (Fsp3) is 0. The third-order valence-corrected chi connectivity index (χ3v) is 0. The Morgan fingerprint density at radius 2 is 1.20 bits per heavy atom. The Kier molecular flexibility index (Phi) is 428. The molecule has 22 valence electrons. The molecule has 0 bridgehead atoms. The van der Waals surface area contributed by atoms with Gasteiger partial charge in [-0.05, 0) is 0 Å². The van der Waals surface area contributed by atoms with Crippen LogP contribution in [0.25, 0.3) is 0 Å². The van der Waals surface area contributed by atoms with E-state index in [2.05, 4.69) is 0 Å². The minimum absolute atomic E-state index is 0. The predicted molar refractivity (Wildman–Crippen MR) is 11.7 cm³/mol. The molecule has 0 saturated heterocycles. The predicted octanol–water partition coefficient (Wildman–Crippen LogP) is -2.83. The van der Waals surface area contributed by atoms with Crippen LogP contribution in [-0.2, 0) is 0 Å². The topological polar surface area (TPSA) is 57.9 Å². The number of hydrogen-bond donors (Lipinski definition) is 0. The first kappa shape index (κ1) is 17.2. The van der Waals surface area contributed by atoms with Crippen molar-refractivity contribution in [3.63, 3.8) is 0 Å². The summed E-state index contributed by atoms with van der Waals surface area (Å²) < 4.78 is 0. The molecule has 5 heavy (non-hydrogen) atoms. The van der Waals surface area contributed by atoms with Crippen molar-refractivity contribution in [2.75, 3.05) is 0 Å². The van der Waals surface area contributed by atoms with E-state index in [1.165, 1.54) is 0 Å². The minimum atomic E-state index is 0. The third kappa shape index (κ3) is 66.6. The summed E-state index contributed by atoms with van der Waals surface area (Å²) in [5.74, 6) is 0. The average molecular weight is 97.1 g/mol. The largest absolute Gasteiger partial charge is 1.00 e. The maximum atomic E-state index is 7.00. The van der Waals surface area contributed by atoms with Gasteiger partial charge in [0.2, 0.25) is 0 Å². The number of hydrogen-bond acceptors (Lipinski definition) is 3. The van der Waals surface area contributed by atoms with Crippen LogP contribution in [0.4, 0.5) is 0 Å². The summed E-state index contributed by atoms with van der Waals surface area (Å²) in [7, 11) is 0. The Bertz CT molecular complexity index is 20.9. The van der Waals surface area contributed by atoms with E-state index >= 15 is 0 Å². The van der Waals surface area contributed by atoms with Crippen LogP contribution in [0.5, 0.6) is 0 Å². The van der Waals surface area contributed by atoms with Gasteiger partial charge >= 0.3 is 51.4 Å². The Labute approximate surface area is 72.0 Å². The fourth-order valence-corrected chi connectivity index (χ4v) is 0. The van der Waals surface area contributed by atoms with E-state index in [1.807, 2.05) is 0 Å². The quantitative estimate of drug-likeness (QED) is 0.242. The SMILES string of the molecule is O=O.[C-]#N.[K+]. The van der Waals surface area contributed by atoms with Crippen LogP contribution in [0.2, 0.25) is 0 Å². The van der Waals surface area contributed by atoms with Crippen LogP contribution in [-0.4, -0.2) is 0 Å². The van der Waals surface area contributed by atoms with Gasteiger partial charge in [-0.1, -0.05) is 0 Å². The maximum absolute atomic E-state index is 7.00. The molecule has 0 aliphatic rings.